The molecule has 0 atom stereocenters. The molecule has 0 unspecified atom stereocenters. The number of benzene rings is 1. The number of aldehydes is 1. The van der Waals surface area contributed by atoms with E-state index in [0.29, 0.717) is 5.92 Å². The van der Waals surface area contributed by atoms with Crippen molar-refractivity contribution in [1.82, 2.24) is 4.98 Å². The fourth-order valence-corrected chi connectivity index (χ4v) is 2.11. The smallest absolute Gasteiger partial charge is 0.150 e. The van der Waals surface area contributed by atoms with Gasteiger partial charge in [-0.2, -0.15) is 0 Å². The van der Waals surface area contributed by atoms with Crippen molar-refractivity contribution in [3.05, 3.63) is 53.3 Å². The molecule has 2 nitrogen and oxygen atoms in total. The summed E-state index contributed by atoms with van der Waals surface area (Å²) in [5.74, 6) is 0.383. The predicted octanol–water partition coefficient (Wildman–Crippen LogP) is 3.99. The van der Waals surface area contributed by atoms with Gasteiger partial charge in [0.2, 0.25) is 0 Å². The molecule has 0 aliphatic rings. The van der Waals surface area contributed by atoms with Crippen LogP contribution in [0.15, 0.2) is 36.5 Å². The highest BCUT2D eigenvalue weighted by molar-refractivity contribution is 5.79. The topological polar surface area (TPSA) is 30.0 Å². The number of nitrogens with zero attached hydrogens (tertiary/aromatic N) is 1. The van der Waals surface area contributed by atoms with Crippen molar-refractivity contribution < 1.29 is 4.79 Å². The molecular formula is C16H17NO. The number of aryl methyl sites for hydroxylation is 1. The average Bonchev–Trinajstić information content (AvgIpc) is 2.38. The second kappa shape index (κ2) is 5.13. The van der Waals surface area contributed by atoms with Gasteiger partial charge in [0.05, 0.1) is 0 Å². The first-order valence-corrected chi connectivity index (χ1v) is 6.14. The number of carbonyl (C=O) groups is 1. The first kappa shape index (κ1) is 12.5. The second-order valence-electron chi connectivity index (χ2n) is 4.81. The largest absolute Gasteiger partial charge is 0.298 e. The van der Waals surface area contributed by atoms with Gasteiger partial charge in [-0.1, -0.05) is 26.0 Å². The van der Waals surface area contributed by atoms with Crippen molar-refractivity contribution in [2.45, 2.75) is 26.7 Å². The van der Waals surface area contributed by atoms with Crippen LogP contribution in [0.2, 0.25) is 0 Å². The van der Waals surface area contributed by atoms with Gasteiger partial charge >= 0.3 is 0 Å². The van der Waals surface area contributed by atoms with E-state index in [9.17, 15) is 4.79 Å². The molecule has 92 valence electrons. The lowest BCUT2D eigenvalue weighted by Crippen LogP contribution is -1.95. The molecule has 0 N–H and O–H groups in total. The summed E-state index contributed by atoms with van der Waals surface area (Å²) in [6.07, 6.45) is 2.72. The summed E-state index contributed by atoms with van der Waals surface area (Å²) in [6, 6.07) is 9.94. The summed E-state index contributed by atoms with van der Waals surface area (Å²) >= 11 is 0. The predicted molar refractivity (Wildman–Crippen MR) is 73.9 cm³/mol. The molecule has 1 heterocycles. The maximum Gasteiger partial charge on any atom is 0.150 e. The van der Waals surface area contributed by atoms with Crippen LogP contribution >= 0.6 is 0 Å². The minimum atomic E-state index is 0.383. The molecular weight excluding hydrogens is 222 g/mol. The second-order valence-corrected chi connectivity index (χ2v) is 4.81. The zero-order chi connectivity index (χ0) is 13.1. The Hall–Kier alpha value is -1.96. The molecule has 0 fully saturated rings. The molecule has 1 aromatic carbocycles. The fraction of sp³-hybridized carbons (Fsp3) is 0.250. The van der Waals surface area contributed by atoms with Gasteiger partial charge in [0.1, 0.15) is 6.29 Å². The lowest BCUT2D eigenvalue weighted by atomic mass is 9.91. The summed E-state index contributed by atoms with van der Waals surface area (Å²) in [5, 5.41) is 0. The minimum Gasteiger partial charge on any atom is -0.298 e. The van der Waals surface area contributed by atoms with Gasteiger partial charge in [-0.25, -0.2) is 0 Å². The van der Waals surface area contributed by atoms with Crippen LogP contribution in [0.3, 0.4) is 0 Å². The molecule has 0 saturated carbocycles. The zero-order valence-electron chi connectivity index (χ0n) is 11.0. The van der Waals surface area contributed by atoms with Gasteiger partial charge in [0.15, 0.2) is 0 Å². The van der Waals surface area contributed by atoms with Gasteiger partial charge < -0.3 is 0 Å². The first-order valence-electron chi connectivity index (χ1n) is 6.14. The molecule has 2 rings (SSSR count). The minimum absolute atomic E-state index is 0.383. The molecule has 0 spiro atoms. The van der Waals surface area contributed by atoms with Crippen LogP contribution < -0.4 is 0 Å². The number of carbonyl (C=O) groups excluding carboxylic acids is 1. The lowest BCUT2D eigenvalue weighted by Gasteiger charge is -2.14. The zero-order valence-corrected chi connectivity index (χ0v) is 11.0. The number of pyridine rings is 1. The molecule has 0 aliphatic carbocycles. The van der Waals surface area contributed by atoms with E-state index in [0.717, 1.165) is 23.1 Å². The highest BCUT2D eigenvalue weighted by Crippen LogP contribution is 2.29. The van der Waals surface area contributed by atoms with Gasteiger partial charge in [-0.3, -0.25) is 9.78 Å². The number of hydrogen-bond donors (Lipinski definition) is 0. The van der Waals surface area contributed by atoms with Crippen molar-refractivity contribution in [2.75, 3.05) is 0 Å². The van der Waals surface area contributed by atoms with E-state index in [1.165, 1.54) is 11.1 Å². The Morgan fingerprint density at radius 1 is 1.17 bits per heavy atom. The Kier molecular flexibility index (Phi) is 3.56. The van der Waals surface area contributed by atoms with Crippen molar-refractivity contribution in [3.63, 3.8) is 0 Å². The number of aromatic nitrogens is 1. The van der Waals surface area contributed by atoms with Gasteiger partial charge in [-0.15, -0.1) is 0 Å². The van der Waals surface area contributed by atoms with Crippen LogP contribution in [0.5, 0.6) is 0 Å². The van der Waals surface area contributed by atoms with Crippen molar-refractivity contribution >= 4 is 6.29 Å². The van der Waals surface area contributed by atoms with Crippen molar-refractivity contribution in [3.8, 4) is 11.1 Å². The van der Waals surface area contributed by atoms with Crippen molar-refractivity contribution in [1.29, 1.82) is 0 Å². The Morgan fingerprint density at radius 2 is 1.94 bits per heavy atom. The molecule has 0 aliphatic heterocycles. The molecule has 1 aromatic heterocycles. The summed E-state index contributed by atoms with van der Waals surface area (Å²) in [5.41, 5.74) is 5.27. The fourth-order valence-electron chi connectivity index (χ4n) is 2.11. The molecule has 0 bridgehead atoms. The average molecular weight is 239 g/mol. The summed E-state index contributed by atoms with van der Waals surface area (Å²) in [6.45, 7) is 6.27. The van der Waals surface area contributed by atoms with Crippen LogP contribution in [0.1, 0.15) is 41.4 Å². The van der Waals surface area contributed by atoms with E-state index in [-0.39, 0.29) is 0 Å². The Bertz CT molecular complexity index is 573. The van der Waals surface area contributed by atoms with Crippen LogP contribution in [-0.2, 0) is 0 Å². The third-order valence-corrected chi connectivity index (χ3v) is 3.04. The Balaban J connectivity index is 2.60. The first-order chi connectivity index (χ1) is 8.61. The molecule has 2 heteroatoms. The third kappa shape index (κ3) is 2.48. The van der Waals surface area contributed by atoms with E-state index in [2.05, 4.69) is 24.9 Å². The molecule has 0 radical (unpaired) electrons. The van der Waals surface area contributed by atoms with Gasteiger partial charge in [-0.05, 0) is 47.7 Å². The van der Waals surface area contributed by atoms with Gasteiger partial charge in [0, 0.05) is 17.5 Å². The van der Waals surface area contributed by atoms with Crippen LogP contribution in [0.25, 0.3) is 11.1 Å². The maximum atomic E-state index is 10.9. The Morgan fingerprint density at radius 3 is 2.56 bits per heavy atom. The van der Waals surface area contributed by atoms with E-state index >= 15 is 0 Å². The Labute approximate surface area is 108 Å². The quantitative estimate of drug-likeness (QED) is 0.758. The summed E-state index contributed by atoms with van der Waals surface area (Å²) in [4.78, 5) is 15.1. The maximum absolute atomic E-state index is 10.9. The molecule has 0 saturated heterocycles. The normalized spacial score (nSPS) is 10.7. The molecule has 18 heavy (non-hydrogen) atoms. The van der Waals surface area contributed by atoms with E-state index < -0.39 is 0 Å². The van der Waals surface area contributed by atoms with Crippen LogP contribution in [0.4, 0.5) is 0 Å². The highest BCUT2D eigenvalue weighted by atomic mass is 16.1. The van der Waals surface area contributed by atoms with Crippen LogP contribution in [0, 0.1) is 6.92 Å². The third-order valence-electron chi connectivity index (χ3n) is 3.04. The van der Waals surface area contributed by atoms with E-state index in [1.807, 2.05) is 37.4 Å². The van der Waals surface area contributed by atoms with Gasteiger partial charge in [0.25, 0.3) is 0 Å². The summed E-state index contributed by atoms with van der Waals surface area (Å²) < 4.78 is 0. The molecule has 2 aromatic rings. The lowest BCUT2D eigenvalue weighted by molar-refractivity contribution is 0.112. The standard InChI is InChI=1S/C16H17NO/c1-11(2)16-9-13(10-18)4-5-15(16)14-6-7-17-12(3)8-14/h4-11H,1-3H3. The highest BCUT2D eigenvalue weighted by Gasteiger charge is 2.09. The number of rotatable bonds is 3. The van der Waals surface area contributed by atoms with E-state index in [1.54, 1.807) is 0 Å². The summed E-state index contributed by atoms with van der Waals surface area (Å²) in [7, 11) is 0. The van der Waals surface area contributed by atoms with E-state index in [4.69, 9.17) is 0 Å². The van der Waals surface area contributed by atoms with Crippen LogP contribution in [-0.4, -0.2) is 11.3 Å². The number of hydrogen-bond acceptors (Lipinski definition) is 2. The molecule has 0 amide bonds. The SMILES string of the molecule is Cc1cc(-c2ccc(C=O)cc2C(C)C)ccn1. The monoisotopic (exact) mass is 239 g/mol. The van der Waals surface area contributed by atoms with Crippen molar-refractivity contribution in [2.24, 2.45) is 0 Å².